The predicted molar refractivity (Wildman–Crippen MR) is 100 cm³/mol. The van der Waals surface area contributed by atoms with E-state index in [1.54, 1.807) is 17.5 Å². The molecule has 1 aromatic carbocycles. The second-order valence-corrected chi connectivity index (χ2v) is 7.47. The van der Waals surface area contributed by atoms with Gasteiger partial charge >= 0.3 is 5.97 Å². The normalized spacial score (nSPS) is 11.8. The van der Waals surface area contributed by atoms with Crippen molar-refractivity contribution in [2.24, 2.45) is 0 Å². The van der Waals surface area contributed by atoms with Crippen molar-refractivity contribution in [3.63, 3.8) is 0 Å². The molecule has 0 aliphatic carbocycles. The number of carbonyl (C=O) groups excluding carboxylic acids is 2. The molecule has 1 N–H and O–H groups in total. The van der Waals surface area contributed by atoms with E-state index in [0.29, 0.717) is 4.88 Å². The maximum absolute atomic E-state index is 13.2. The number of rotatable bonds is 6. The Morgan fingerprint density at radius 2 is 1.88 bits per heavy atom. The Labute approximate surface area is 158 Å². The third-order valence-electron chi connectivity index (χ3n) is 3.72. The molecule has 0 bridgehead atoms. The Morgan fingerprint density at radius 1 is 1.12 bits per heavy atom. The van der Waals surface area contributed by atoms with Crippen LogP contribution >= 0.6 is 22.7 Å². The quantitative estimate of drug-likeness (QED) is 0.639. The molecule has 7 heteroatoms. The molecule has 1 amide bonds. The SMILES string of the molecule is Cc1ccsc1C(=O)OCC(=O)N[C@@H](c1ccc(F)cc1)c1cccs1. The second kappa shape index (κ2) is 8.25. The van der Waals surface area contributed by atoms with Gasteiger partial charge in [-0.1, -0.05) is 18.2 Å². The molecule has 3 rings (SSSR count). The molecular formula is C19H16FNO3S2. The zero-order chi connectivity index (χ0) is 18.5. The number of amides is 1. The van der Waals surface area contributed by atoms with Gasteiger partial charge in [0.15, 0.2) is 6.61 Å². The fourth-order valence-corrected chi connectivity index (χ4v) is 4.03. The lowest BCUT2D eigenvalue weighted by molar-refractivity contribution is -0.124. The van der Waals surface area contributed by atoms with Gasteiger partial charge in [0.2, 0.25) is 0 Å². The Morgan fingerprint density at radius 3 is 2.50 bits per heavy atom. The van der Waals surface area contributed by atoms with Crippen LogP contribution in [0, 0.1) is 12.7 Å². The summed E-state index contributed by atoms with van der Waals surface area (Å²) in [6.45, 7) is 1.44. The van der Waals surface area contributed by atoms with Crippen molar-refractivity contribution >= 4 is 34.6 Å². The van der Waals surface area contributed by atoms with Crippen molar-refractivity contribution in [1.82, 2.24) is 5.32 Å². The van der Waals surface area contributed by atoms with E-state index in [4.69, 9.17) is 4.74 Å². The van der Waals surface area contributed by atoms with Gasteiger partial charge < -0.3 is 10.1 Å². The van der Waals surface area contributed by atoms with E-state index < -0.39 is 17.9 Å². The Balaban J connectivity index is 1.67. The molecular weight excluding hydrogens is 373 g/mol. The van der Waals surface area contributed by atoms with Crippen LogP contribution in [0.3, 0.4) is 0 Å². The molecule has 4 nitrogen and oxygen atoms in total. The average Bonchev–Trinajstić information content (AvgIpc) is 3.30. The minimum atomic E-state index is -0.512. The van der Waals surface area contributed by atoms with Gasteiger partial charge in [0, 0.05) is 4.88 Å². The van der Waals surface area contributed by atoms with Crippen molar-refractivity contribution in [3.05, 3.63) is 79.9 Å². The van der Waals surface area contributed by atoms with Crippen molar-refractivity contribution in [1.29, 1.82) is 0 Å². The van der Waals surface area contributed by atoms with Crippen molar-refractivity contribution in [2.45, 2.75) is 13.0 Å². The number of thiophene rings is 2. The van der Waals surface area contributed by atoms with Gasteiger partial charge in [0.25, 0.3) is 5.91 Å². The van der Waals surface area contributed by atoms with E-state index in [1.165, 1.54) is 34.8 Å². The number of ether oxygens (including phenoxy) is 1. The summed E-state index contributed by atoms with van der Waals surface area (Å²) in [4.78, 5) is 25.7. The first-order valence-corrected chi connectivity index (χ1v) is 9.60. The third kappa shape index (κ3) is 4.36. The molecule has 26 heavy (non-hydrogen) atoms. The first kappa shape index (κ1) is 18.3. The van der Waals surface area contributed by atoms with Crippen molar-refractivity contribution < 1.29 is 18.7 Å². The summed E-state index contributed by atoms with van der Waals surface area (Å²) in [5.41, 5.74) is 1.57. The summed E-state index contributed by atoms with van der Waals surface area (Å²) in [7, 11) is 0. The van der Waals surface area contributed by atoms with Crippen LogP contribution in [0.1, 0.15) is 31.7 Å². The van der Waals surface area contributed by atoms with E-state index in [1.807, 2.05) is 30.5 Å². The number of esters is 1. The fourth-order valence-electron chi connectivity index (χ4n) is 2.41. The summed E-state index contributed by atoms with van der Waals surface area (Å²) in [6.07, 6.45) is 0. The number of aryl methyl sites for hydroxylation is 1. The van der Waals surface area contributed by atoms with Crippen LogP contribution in [0.2, 0.25) is 0 Å². The number of hydrogen-bond acceptors (Lipinski definition) is 5. The Bertz CT molecular complexity index is 888. The van der Waals surface area contributed by atoms with E-state index in [-0.39, 0.29) is 12.4 Å². The largest absolute Gasteiger partial charge is 0.451 e. The van der Waals surface area contributed by atoms with Gasteiger partial charge in [-0.25, -0.2) is 9.18 Å². The molecule has 0 saturated carbocycles. The summed E-state index contributed by atoms with van der Waals surface area (Å²) < 4.78 is 18.3. The number of hydrogen-bond donors (Lipinski definition) is 1. The molecule has 0 saturated heterocycles. The van der Waals surface area contributed by atoms with Crippen LogP contribution in [0.5, 0.6) is 0 Å². The van der Waals surface area contributed by atoms with Gasteiger partial charge in [-0.05, 0) is 53.1 Å². The number of nitrogens with one attached hydrogen (secondary N) is 1. The molecule has 0 radical (unpaired) electrons. The molecule has 0 unspecified atom stereocenters. The van der Waals surface area contributed by atoms with Crippen LogP contribution in [-0.2, 0) is 9.53 Å². The molecule has 0 spiro atoms. The highest BCUT2D eigenvalue weighted by atomic mass is 32.1. The van der Waals surface area contributed by atoms with Gasteiger partial charge in [-0.3, -0.25) is 4.79 Å². The van der Waals surface area contributed by atoms with E-state index in [9.17, 15) is 14.0 Å². The summed E-state index contributed by atoms with van der Waals surface area (Å²) in [5.74, 6) is -1.28. The lowest BCUT2D eigenvalue weighted by Crippen LogP contribution is -2.32. The molecule has 3 aromatic rings. The molecule has 134 valence electrons. The minimum absolute atomic E-state index is 0.342. The monoisotopic (exact) mass is 389 g/mol. The maximum Gasteiger partial charge on any atom is 0.349 e. The van der Waals surface area contributed by atoms with Crippen LogP contribution < -0.4 is 5.32 Å². The van der Waals surface area contributed by atoms with Gasteiger partial charge in [0.1, 0.15) is 10.7 Å². The van der Waals surface area contributed by atoms with Gasteiger partial charge in [0.05, 0.1) is 6.04 Å². The zero-order valence-corrected chi connectivity index (χ0v) is 15.5. The Kier molecular flexibility index (Phi) is 5.80. The highest BCUT2D eigenvalue weighted by Crippen LogP contribution is 2.26. The maximum atomic E-state index is 13.2. The number of carbonyl (C=O) groups is 2. The standard InChI is InChI=1S/C19H16FNO3S2/c1-12-8-10-26-18(12)19(23)24-11-16(22)21-17(15-3-2-9-25-15)13-4-6-14(20)7-5-13/h2-10,17H,11H2,1H3,(H,21,22)/t17-/m0/s1. The third-order valence-corrected chi connectivity index (χ3v) is 5.65. The number of benzene rings is 1. The minimum Gasteiger partial charge on any atom is -0.451 e. The van der Waals surface area contributed by atoms with E-state index >= 15 is 0 Å². The smallest absolute Gasteiger partial charge is 0.349 e. The number of halogens is 1. The van der Waals surface area contributed by atoms with Crippen LogP contribution in [0.4, 0.5) is 4.39 Å². The van der Waals surface area contributed by atoms with Crippen LogP contribution in [0.25, 0.3) is 0 Å². The van der Waals surface area contributed by atoms with Gasteiger partial charge in [-0.15, -0.1) is 22.7 Å². The first-order valence-electron chi connectivity index (χ1n) is 7.84. The molecule has 2 aromatic heterocycles. The van der Waals surface area contributed by atoms with E-state index in [0.717, 1.165) is 16.0 Å². The fraction of sp³-hybridized carbons (Fsp3) is 0.158. The Hall–Kier alpha value is -2.51. The summed E-state index contributed by atoms with van der Waals surface area (Å²) in [6, 6.07) is 11.1. The van der Waals surface area contributed by atoms with Crippen LogP contribution in [0.15, 0.2) is 53.2 Å². The highest BCUT2D eigenvalue weighted by molar-refractivity contribution is 7.12. The zero-order valence-electron chi connectivity index (χ0n) is 13.9. The topological polar surface area (TPSA) is 55.4 Å². The lowest BCUT2D eigenvalue weighted by Gasteiger charge is -2.18. The molecule has 1 atom stereocenters. The molecule has 0 aliphatic rings. The first-order chi connectivity index (χ1) is 12.5. The van der Waals surface area contributed by atoms with Gasteiger partial charge in [-0.2, -0.15) is 0 Å². The average molecular weight is 389 g/mol. The second-order valence-electron chi connectivity index (χ2n) is 5.58. The van der Waals surface area contributed by atoms with Crippen LogP contribution in [-0.4, -0.2) is 18.5 Å². The summed E-state index contributed by atoms with van der Waals surface area (Å²) >= 11 is 2.76. The molecule has 0 fully saturated rings. The highest BCUT2D eigenvalue weighted by Gasteiger charge is 2.20. The predicted octanol–water partition coefficient (Wildman–Crippen LogP) is 4.32. The summed E-state index contributed by atoms with van der Waals surface area (Å²) in [5, 5.41) is 6.55. The van der Waals surface area contributed by atoms with E-state index in [2.05, 4.69) is 5.32 Å². The molecule has 2 heterocycles. The molecule has 0 aliphatic heterocycles. The van der Waals surface area contributed by atoms with Crippen molar-refractivity contribution in [2.75, 3.05) is 6.61 Å². The van der Waals surface area contributed by atoms with Crippen molar-refractivity contribution in [3.8, 4) is 0 Å². The lowest BCUT2D eigenvalue weighted by atomic mass is 10.1.